The second-order valence-electron chi connectivity index (χ2n) is 9.09. The normalized spacial score (nSPS) is 24.6. The predicted molar refractivity (Wildman–Crippen MR) is 95.7 cm³/mol. The van der Waals surface area contributed by atoms with Crippen LogP contribution in [0.3, 0.4) is 0 Å². The maximum atomic E-state index is 12.0. The van der Waals surface area contributed by atoms with E-state index >= 15 is 0 Å². The molecule has 6 nitrogen and oxygen atoms in total. The van der Waals surface area contributed by atoms with Crippen molar-refractivity contribution >= 4 is 11.8 Å². The summed E-state index contributed by atoms with van der Waals surface area (Å²) in [5, 5.41) is 15.4. The minimum atomic E-state index is -0.949. The fourth-order valence-corrected chi connectivity index (χ4v) is 3.05. The summed E-state index contributed by atoms with van der Waals surface area (Å²) in [7, 11) is 0. The van der Waals surface area contributed by atoms with Gasteiger partial charge >= 0.3 is 0 Å². The van der Waals surface area contributed by atoms with E-state index in [0.717, 1.165) is 19.4 Å². The third-order valence-corrected chi connectivity index (χ3v) is 4.82. The van der Waals surface area contributed by atoms with Crippen LogP contribution in [0.1, 0.15) is 66.2 Å². The molecule has 2 rings (SSSR count). The Hall–Kier alpha value is -1.14. The molecule has 0 bridgehead atoms. The Kier molecular flexibility index (Phi) is 6.49. The third kappa shape index (κ3) is 7.32. The van der Waals surface area contributed by atoms with E-state index in [2.05, 4.69) is 10.6 Å². The Morgan fingerprint density at radius 1 is 1.24 bits per heavy atom. The summed E-state index contributed by atoms with van der Waals surface area (Å²) >= 11 is 0. The van der Waals surface area contributed by atoms with Gasteiger partial charge in [-0.15, -0.1) is 0 Å². The first-order chi connectivity index (χ1) is 11.6. The van der Waals surface area contributed by atoms with E-state index in [4.69, 9.17) is 4.74 Å². The van der Waals surface area contributed by atoms with Gasteiger partial charge in [-0.1, -0.05) is 27.7 Å². The van der Waals surface area contributed by atoms with Gasteiger partial charge in [0.25, 0.3) is 0 Å². The van der Waals surface area contributed by atoms with E-state index in [1.54, 1.807) is 0 Å². The van der Waals surface area contributed by atoms with Crippen LogP contribution >= 0.6 is 0 Å². The molecule has 144 valence electrons. The van der Waals surface area contributed by atoms with Gasteiger partial charge in [-0.05, 0) is 42.9 Å². The minimum absolute atomic E-state index is 0.118. The smallest absolute Gasteiger partial charge is 0.222 e. The monoisotopic (exact) mass is 354 g/mol. The number of hydrogen-bond donors (Lipinski definition) is 3. The number of nitrogens with one attached hydrogen (secondary N) is 2. The topological polar surface area (TPSA) is 87.7 Å². The van der Waals surface area contributed by atoms with E-state index in [-0.39, 0.29) is 23.3 Å². The highest BCUT2D eigenvalue weighted by molar-refractivity contribution is 5.77. The maximum absolute atomic E-state index is 12.0. The molecule has 0 saturated heterocycles. The molecule has 0 radical (unpaired) electrons. The lowest BCUT2D eigenvalue weighted by molar-refractivity contribution is -0.129. The van der Waals surface area contributed by atoms with E-state index in [1.165, 1.54) is 0 Å². The van der Waals surface area contributed by atoms with Crippen LogP contribution in [0.15, 0.2) is 0 Å². The van der Waals surface area contributed by atoms with Gasteiger partial charge in [0.05, 0.1) is 12.7 Å². The van der Waals surface area contributed by atoms with Crippen molar-refractivity contribution in [1.29, 1.82) is 0 Å². The first-order valence-corrected chi connectivity index (χ1v) is 9.49. The molecular weight excluding hydrogens is 320 g/mol. The largest absolute Gasteiger partial charge is 0.378 e. The van der Waals surface area contributed by atoms with Crippen LogP contribution < -0.4 is 10.6 Å². The van der Waals surface area contributed by atoms with Crippen LogP contribution in [0.4, 0.5) is 0 Å². The quantitative estimate of drug-likeness (QED) is 0.523. The summed E-state index contributed by atoms with van der Waals surface area (Å²) in [6, 6.07) is 0. The molecule has 0 aromatic rings. The second kappa shape index (κ2) is 8.04. The van der Waals surface area contributed by atoms with E-state index < -0.39 is 5.72 Å². The fraction of sp³-hybridized carbons (Fsp3) is 0.895. The Morgan fingerprint density at radius 2 is 1.88 bits per heavy atom. The zero-order valence-corrected chi connectivity index (χ0v) is 16.1. The molecule has 0 atom stereocenters. The standard InChI is InChI=1S/C19H34N2O4/c1-13(2)7-16(22)20-11-14-8-15(9-14)25-12-18(3,4)10-17(23)21-19(24)5-6-19/h13-15,24H,5-12H2,1-4H3,(H,20,22)(H,21,23). The number of rotatable bonds is 10. The number of hydrogen-bond acceptors (Lipinski definition) is 4. The van der Waals surface area contributed by atoms with Crippen molar-refractivity contribution in [3.8, 4) is 0 Å². The maximum Gasteiger partial charge on any atom is 0.222 e. The summed E-state index contributed by atoms with van der Waals surface area (Å²) in [4.78, 5) is 23.6. The van der Waals surface area contributed by atoms with Crippen molar-refractivity contribution in [2.24, 2.45) is 17.3 Å². The molecule has 3 N–H and O–H groups in total. The SMILES string of the molecule is CC(C)CC(=O)NCC1CC(OCC(C)(C)CC(=O)NC2(O)CC2)C1. The van der Waals surface area contributed by atoms with Crippen LogP contribution in [0.2, 0.25) is 0 Å². The number of ether oxygens (including phenoxy) is 1. The number of amides is 2. The van der Waals surface area contributed by atoms with Gasteiger partial charge in [-0.3, -0.25) is 9.59 Å². The summed E-state index contributed by atoms with van der Waals surface area (Å²) < 4.78 is 5.94. The van der Waals surface area contributed by atoms with Crippen molar-refractivity contribution in [2.45, 2.75) is 78.0 Å². The molecule has 0 aromatic heterocycles. The van der Waals surface area contributed by atoms with Gasteiger partial charge < -0.3 is 20.5 Å². The van der Waals surface area contributed by atoms with E-state index in [9.17, 15) is 14.7 Å². The molecule has 2 aliphatic carbocycles. The van der Waals surface area contributed by atoms with Crippen LogP contribution in [0, 0.1) is 17.3 Å². The average Bonchev–Trinajstić information content (AvgIpc) is 3.11. The lowest BCUT2D eigenvalue weighted by Gasteiger charge is -2.37. The molecule has 0 unspecified atom stereocenters. The number of carbonyl (C=O) groups is 2. The first kappa shape index (κ1) is 20.2. The van der Waals surface area contributed by atoms with Gasteiger partial charge in [0.15, 0.2) is 0 Å². The van der Waals surface area contributed by atoms with Crippen LogP contribution in [0.25, 0.3) is 0 Å². The number of carbonyl (C=O) groups excluding carboxylic acids is 2. The molecule has 0 spiro atoms. The third-order valence-electron chi connectivity index (χ3n) is 4.82. The lowest BCUT2D eigenvalue weighted by Crippen LogP contribution is -2.42. The van der Waals surface area contributed by atoms with Gasteiger partial charge in [0.2, 0.25) is 11.8 Å². The van der Waals surface area contributed by atoms with Crippen molar-refractivity contribution in [2.75, 3.05) is 13.2 Å². The molecule has 0 heterocycles. The van der Waals surface area contributed by atoms with Crippen LogP contribution in [-0.4, -0.2) is 41.9 Å². The molecule has 0 aliphatic heterocycles. The van der Waals surface area contributed by atoms with E-state index in [0.29, 0.717) is 44.1 Å². The lowest BCUT2D eigenvalue weighted by atomic mass is 9.81. The molecule has 2 aliphatic rings. The Bertz CT molecular complexity index is 480. The fourth-order valence-electron chi connectivity index (χ4n) is 3.05. The van der Waals surface area contributed by atoms with Crippen LogP contribution in [-0.2, 0) is 14.3 Å². The molecule has 25 heavy (non-hydrogen) atoms. The molecule has 2 saturated carbocycles. The van der Waals surface area contributed by atoms with Gasteiger partial charge in [0.1, 0.15) is 5.72 Å². The zero-order valence-electron chi connectivity index (χ0n) is 16.1. The van der Waals surface area contributed by atoms with Crippen LogP contribution in [0.5, 0.6) is 0 Å². The van der Waals surface area contributed by atoms with Gasteiger partial charge in [-0.2, -0.15) is 0 Å². The molecule has 6 heteroatoms. The Balaban J connectivity index is 1.56. The Labute approximate surface area is 151 Å². The summed E-state index contributed by atoms with van der Waals surface area (Å²) in [5.74, 6) is 0.894. The van der Waals surface area contributed by atoms with Gasteiger partial charge in [-0.25, -0.2) is 0 Å². The minimum Gasteiger partial charge on any atom is -0.378 e. The van der Waals surface area contributed by atoms with E-state index in [1.807, 2.05) is 27.7 Å². The average molecular weight is 354 g/mol. The predicted octanol–water partition coefficient (Wildman–Crippen LogP) is 1.96. The summed E-state index contributed by atoms with van der Waals surface area (Å²) in [5.41, 5.74) is -1.21. The first-order valence-electron chi connectivity index (χ1n) is 9.49. The van der Waals surface area contributed by atoms with Crippen molar-refractivity contribution in [3.05, 3.63) is 0 Å². The Morgan fingerprint density at radius 3 is 2.44 bits per heavy atom. The van der Waals surface area contributed by atoms with Crippen molar-refractivity contribution in [1.82, 2.24) is 10.6 Å². The second-order valence-corrected chi connectivity index (χ2v) is 9.09. The summed E-state index contributed by atoms with van der Waals surface area (Å²) in [6.45, 7) is 9.35. The summed E-state index contributed by atoms with van der Waals surface area (Å²) in [6.07, 6.45) is 4.37. The highest BCUT2D eigenvalue weighted by Gasteiger charge is 2.42. The number of aliphatic hydroxyl groups is 1. The molecule has 0 aromatic carbocycles. The zero-order chi connectivity index (χ0) is 18.7. The molecule has 2 fully saturated rings. The molecular formula is C19H34N2O4. The van der Waals surface area contributed by atoms with Crippen molar-refractivity contribution < 1.29 is 19.4 Å². The highest BCUT2D eigenvalue weighted by Crippen LogP contribution is 2.34. The highest BCUT2D eigenvalue weighted by atomic mass is 16.5. The molecule has 2 amide bonds. The van der Waals surface area contributed by atoms with Crippen molar-refractivity contribution in [3.63, 3.8) is 0 Å². The van der Waals surface area contributed by atoms with Gasteiger partial charge in [0, 0.05) is 19.4 Å².